The highest BCUT2D eigenvalue weighted by Crippen LogP contribution is 2.17. The topological polar surface area (TPSA) is 38.0 Å². The van der Waals surface area contributed by atoms with Crippen LogP contribution in [0.2, 0.25) is 0 Å². The zero-order valence-corrected chi connectivity index (χ0v) is 11.0. The maximum Gasteiger partial charge on any atom is 0.0548 e. The van der Waals surface area contributed by atoms with E-state index in [4.69, 9.17) is 5.73 Å². The fourth-order valence-electron chi connectivity index (χ4n) is 2.62. The van der Waals surface area contributed by atoms with Gasteiger partial charge in [0.25, 0.3) is 0 Å². The molecule has 0 heterocycles. The minimum absolute atomic E-state index is 0.236. The van der Waals surface area contributed by atoms with E-state index < -0.39 is 0 Å². The van der Waals surface area contributed by atoms with E-state index in [0.29, 0.717) is 6.04 Å². The van der Waals surface area contributed by atoms with Gasteiger partial charge in [-0.1, -0.05) is 58.3 Å². The Labute approximate surface area is 101 Å². The number of rotatable bonds is 7. The standard InChI is InChI=1S/C14H30N2/c1-2-3-4-9-12-14(15)16-13-10-7-5-6-8-11-13/h13-14,16H,2-12,15H2,1H3. The second kappa shape index (κ2) is 9.00. The molecule has 16 heavy (non-hydrogen) atoms. The van der Waals surface area contributed by atoms with Crippen LogP contribution >= 0.6 is 0 Å². The molecule has 0 aromatic carbocycles. The summed E-state index contributed by atoms with van der Waals surface area (Å²) in [5, 5.41) is 3.61. The summed E-state index contributed by atoms with van der Waals surface area (Å²) in [4.78, 5) is 0. The molecule has 0 bridgehead atoms. The van der Waals surface area contributed by atoms with Crippen LogP contribution in [0.3, 0.4) is 0 Å². The van der Waals surface area contributed by atoms with Gasteiger partial charge < -0.3 is 5.73 Å². The van der Waals surface area contributed by atoms with E-state index in [2.05, 4.69) is 12.2 Å². The molecule has 0 aromatic rings. The van der Waals surface area contributed by atoms with Gasteiger partial charge in [-0.2, -0.15) is 0 Å². The maximum absolute atomic E-state index is 6.13. The Morgan fingerprint density at radius 2 is 1.75 bits per heavy atom. The molecular weight excluding hydrogens is 196 g/mol. The van der Waals surface area contributed by atoms with Crippen LogP contribution in [-0.4, -0.2) is 12.2 Å². The third kappa shape index (κ3) is 6.49. The van der Waals surface area contributed by atoms with Gasteiger partial charge in [0, 0.05) is 6.04 Å². The zero-order chi connectivity index (χ0) is 11.6. The second-order valence-electron chi connectivity index (χ2n) is 5.31. The fourth-order valence-corrected chi connectivity index (χ4v) is 2.62. The molecule has 0 aliphatic heterocycles. The predicted molar refractivity (Wildman–Crippen MR) is 71.4 cm³/mol. The van der Waals surface area contributed by atoms with E-state index >= 15 is 0 Å². The van der Waals surface area contributed by atoms with Crippen molar-refractivity contribution in [2.45, 2.75) is 89.8 Å². The van der Waals surface area contributed by atoms with Crippen molar-refractivity contribution in [1.82, 2.24) is 5.32 Å². The third-order valence-corrected chi connectivity index (χ3v) is 3.67. The van der Waals surface area contributed by atoms with Gasteiger partial charge in [-0.05, 0) is 19.3 Å². The second-order valence-corrected chi connectivity index (χ2v) is 5.31. The molecule has 1 aliphatic carbocycles. The van der Waals surface area contributed by atoms with E-state index in [1.807, 2.05) is 0 Å². The van der Waals surface area contributed by atoms with E-state index in [1.54, 1.807) is 0 Å². The minimum Gasteiger partial charge on any atom is -0.316 e. The summed E-state index contributed by atoms with van der Waals surface area (Å²) in [7, 11) is 0. The molecule has 0 saturated heterocycles. The van der Waals surface area contributed by atoms with E-state index in [0.717, 1.165) is 6.42 Å². The number of unbranched alkanes of at least 4 members (excludes halogenated alkanes) is 3. The van der Waals surface area contributed by atoms with Gasteiger partial charge in [-0.15, -0.1) is 0 Å². The van der Waals surface area contributed by atoms with Gasteiger partial charge in [-0.3, -0.25) is 5.32 Å². The average Bonchev–Trinajstić information content (AvgIpc) is 2.53. The average molecular weight is 226 g/mol. The van der Waals surface area contributed by atoms with Crippen molar-refractivity contribution in [1.29, 1.82) is 0 Å². The van der Waals surface area contributed by atoms with Crippen LogP contribution in [0.5, 0.6) is 0 Å². The van der Waals surface area contributed by atoms with Gasteiger partial charge in [0.1, 0.15) is 0 Å². The minimum atomic E-state index is 0.236. The van der Waals surface area contributed by atoms with Crippen molar-refractivity contribution in [3.63, 3.8) is 0 Å². The van der Waals surface area contributed by atoms with Gasteiger partial charge in [0.15, 0.2) is 0 Å². The summed E-state index contributed by atoms with van der Waals surface area (Å²) < 4.78 is 0. The predicted octanol–water partition coefficient (Wildman–Crippen LogP) is 3.55. The van der Waals surface area contributed by atoms with Gasteiger partial charge in [-0.25, -0.2) is 0 Å². The van der Waals surface area contributed by atoms with Gasteiger partial charge in [0.2, 0.25) is 0 Å². The van der Waals surface area contributed by atoms with Crippen LogP contribution in [-0.2, 0) is 0 Å². The molecule has 0 amide bonds. The molecule has 1 saturated carbocycles. The molecular formula is C14H30N2. The molecule has 1 unspecified atom stereocenters. The molecule has 2 heteroatoms. The van der Waals surface area contributed by atoms with Gasteiger partial charge in [0.05, 0.1) is 6.17 Å². The first kappa shape index (κ1) is 14.0. The van der Waals surface area contributed by atoms with E-state index in [1.165, 1.54) is 64.2 Å². The largest absolute Gasteiger partial charge is 0.316 e. The lowest BCUT2D eigenvalue weighted by molar-refractivity contribution is 0.375. The van der Waals surface area contributed by atoms with Crippen molar-refractivity contribution < 1.29 is 0 Å². The summed E-state index contributed by atoms with van der Waals surface area (Å²) in [5.74, 6) is 0. The molecule has 2 nitrogen and oxygen atoms in total. The summed E-state index contributed by atoms with van der Waals surface area (Å²) in [6.45, 7) is 2.25. The summed E-state index contributed by atoms with van der Waals surface area (Å²) in [6.07, 6.45) is 15.0. The molecule has 0 spiro atoms. The molecule has 1 rings (SSSR count). The zero-order valence-electron chi connectivity index (χ0n) is 11.0. The lowest BCUT2D eigenvalue weighted by Gasteiger charge is -2.21. The Morgan fingerprint density at radius 3 is 2.38 bits per heavy atom. The first-order valence-corrected chi connectivity index (χ1v) is 7.34. The lowest BCUT2D eigenvalue weighted by atomic mass is 10.1. The number of nitrogens with one attached hydrogen (secondary N) is 1. The van der Waals surface area contributed by atoms with Crippen LogP contribution in [0, 0.1) is 0 Å². The highest BCUT2D eigenvalue weighted by molar-refractivity contribution is 4.73. The van der Waals surface area contributed by atoms with E-state index in [-0.39, 0.29) is 6.17 Å². The van der Waals surface area contributed by atoms with Gasteiger partial charge >= 0.3 is 0 Å². The highest BCUT2D eigenvalue weighted by Gasteiger charge is 2.14. The maximum atomic E-state index is 6.13. The van der Waals surface area contributed by atoms with Crippen LogP contribution in [0.25, 0.3) is 0 Å². The first-order valence-electron chi connectivity index (χ1n) is 7.34. The van der Waals surface area contributed by atoms with Crippen LogP contribution in [0.15, 0.2) is 0 Å². The Bertz CT molecular complexity index is 151. The van der Waals surface area contributed by atoms with Crippen molar-refractivity contribution in [2.24, 2.45) is 5.73 Å². The lowest BCUT2D eigenvalue weighted by Crippen LogP contribution is -2.43. The molecule has 96 valence electrons. The van der Waals surface area contributed by atoms with Crippen molar-refractivity contribution in [2.75, 3.05) is 0 Å². The normalized spacial score (nSPS) is 20.6. The molecule has 1 atom stereocenters. The monoisotopic (exact) mass is 226 g/mol. The van der Waals surface area contributed by atoms with Crippen LogP contribution < -0.4 is 11.1 Å². The third-order valence-electron chi connectivity index (χ3n) is 3.67. The Balaban J connectivity index is 2.04. The van der Waals surface area contributed by atoms with Crippen molar-refractivity contribution in [3.05, 3.63) is 0 Å². The fraction of sp³-hybridized carbons (Fsp3) is 1.00. The quantitative estimate of drug-likeness (QED) is 0.396. The molecule has 1 fully saturated rings. The first-order chi connectivity index (χ1) is 7.83. The van der Waals surface area contributed by atoms with E-state index in [9.17, 15) is 0 Å². The molecule has 3 N–H and O–H groups in total. The Hall–Kier alpha value is -0.0800. The number of hydrogen-bond donors (Lipinski definition) is 2. The summed E-state index contributed by atoms with van der Waals surface area (Å²) in [6, 6.07) is 0.698. The molecule has 0 radical (unpaired) electrons. The molecule has 0 aromatic heterocycles. The van der Waals surface area contributed by atoms with Crippen molar-refractivity contribution >= 4 is 0 Å². The Morgan fingerprint density at radius 1 is 1.06 bits per heavy atom. The highest BCUT2D eigenvalue weighted by atomic mass is 15.0. The number of nitrogens with two attached hydrogens (primary N) is 1. The SMILES string of the molecule is CCCCCCC(N)NC1CCCCCC1. The molecule has 1 aliphatic rings. The summed E-state index contributed by atoms with van der Waals surface area (Å²) in [5.41, 5.74) is 6.13. The smallest absolute Gasteiger partial charge is 0.0548 e. The van der Waals surface area contributed by atoms with Crippen molar-refractivity contribution in [3.8, 4) is 0 Å². The number of hydrogen-bond acceptors (Lipinski definition) is 2. The Kier molecular flexibility index (Phi) is 7.87. The van der Waals surface area contributed by atoms with Crippen LogP contribution in [0.1, 0.15) is 77.6 Å². The van der Waals surface area contributed by atoms with Crippen LogP contribution in [0.4, 0.5) is 0 Å². The summed E-state index contributed by atoms with van der Waals surface area (Å²) >= 11 is 0.